The fourth-order valence-electron chi connectivity index (χ4n) is 1.97. The van der Waals surface area contributed by atoms with Crippen molar-refractivity contribution >= 4 is 44.9 Å². The van der Waals surface area contributed by atoms with Gasteiger partial charge in [-0.1, -0.05) is 36.0 Å². The Morgan fingerprint density at radius 2 is 2.09 bits per heavy atom. The van der Waals surface area contributed by atoms with E-state index in [0.29, 0.717) is 5.56 Å². The van der Waals surface area contributed by atoms with Gasteiger partial charge in [0.1, 0.15) is 0 Å². The highest BCUT2D eigenvalue weighted by atomic mass is 32.2. The third-order valence-electron chi connectivity index (χ3n) is 2.99. The Morgan fingerprint density at radius 1 is 1.27 bits per heavy atom. The molecule has 1 heterocycles. The van der Waals surface area contributed by atoms with Crippen LogP contribution in [0.2, 0.25) is 0 Å². The lowest BCUT2D eigenvalue weighted by atomic mass is 10.2. The van der Waals surface area contributed by atoms with E-state index in [0.717, 1.165) is 26.0 Å². The van der Waals surface area contributed by atoms with E-state index in [4.69, 9.17) is 0 Å². The molecule has 3 aromatic rings. The van der Waals surface area contributed by atoms with Crippen molar-refractivity contribution < 1.29 is 4.79 Å². The van der Waals surface area contributed by atoms with Crippen molar-refractivity contribution in [3.8, 4) is 0 Å². The fourth-order valence-corrected chi connectivity index (χ4v) is 3.83. The van der Waals surface area contributed by atoms with Crippen molar-refractivity contribution in [1.29, 1.82) is 0 Å². The van der Waals surface area contributed by atoms with Gasteiger partial charge in [-0.3, -0.25) is 4.79 Å². The molecule has 0 saturated carbocycles. The molecule has 1 amide bonds. The Bertz CT molecular complexity index is 812. The molecule has 22 heavy (non-hydrogen) atoms. The van der Waals surface area contributed by atoms with Crippen molar-refractivity contribution in [2.45, 2.75) is 4.34 Å². The second-order valence-corrected chi connectivity index (χ2v) is 6.88. The molecule has 0 aliphatic heterocycles. The van der Waals surface area contributed by atoms with Crippen molar-refractivity contribution in [3.63, 3.8) is 0 Å². The number of hydrogen-bond donors (Lipinski definition) is 1. The number of anilines is 1. The SMILES string of the molecule is C=CCSc1nc2ccc(NC(=O)c3ccccc3)cc2s1. The van der Waals surface area contributed by atoms with Crippen molar-refractivity contribution in [1.82, 2.24) is 4.98 Å². The van der Waals surface area contributed by atoms with Crippen LogP contribution in [0.25, 0.3) is 10.2 Å². The summed E-state index contributed by atoms with van der Waals surface area (Å²) in [5.74, 6) is 0.739. The minimum Gasteiger partial charge on any atom is -0.322 e. The minimum atomic E-state index is -0.106. The van der Waals surface area contributed by atoms with Crippen molar-refractivity contribution in [2.75, 3.05) is 11.1 Å². The van der Waals surface area contributed by atoms with Gasteiger partial charge in [0.25, 0.3) is 5.91 Å². The lowest BCUT2D eigenvalue weighted by Gasteiger charge is -2.04. The number of aromatic nitrogens is 1. The fraction of sp³-hybridized carbons (Fsp3) is 0.0588. The molecule has 2 aromatic carbocycles. The molecule has 3 rings (SSSR count). The van der Waals surface area contributed by atoms with Crippen LogP contribution < -0.4 is 5.32 Å². The van der Waals surface area contributed by atoms with Gasteiger partial charge in [0.15, 0.2) is 4.34 Å². The number of carbonyl (C=O) groups excluding carboxylic acids is 1. The van der Waals surface area contributed by atoms with Gasteiger partial charge in [-0.15, -0.1) is 17.9 Å². The summed E-state index contributed by atoms with van der Waals surface area (Å²) in [6.45, 7) is 3.71. The zero-order valence-electron chi connectivity index (χ0n) is 11.8. The van der Waals surface area contributed by atoms with Gasteiger partial charge in [0.05, 0.1) is 10.2 Å². The monoisotopic (exact) mass is 326 g/mol. The van der Waals surface area contributed by atoms with E-state index in [-0.39, 0.29) is 5.91 Å². The molecule has 0 unspecified atom stereocenters. The second-order valence-electron chi connectivity index (χ2n) is 4.58. The van der Waals surface area contributed by atoms with Crippen molar-refractivity contribution in [3.05, 3.63) is 66.7 Å². The summed E-state index contributed by atoms with van der Waals surface area (Å²) in [4.78, 5) is 16.7. The molecule has 0 aliphatic carbocycles. The first-order chi connectivity index (χ1) is 10.8. The van der Waals surface area contributed by atoms with E-state index < -0.39 is 0 Å². The molecule has 3 nitrogen and oxygen atoms in total. The molecule has 5 heteroatoms. The molecule has 110 valence electrons. The summed E-state index contributed by atoms with van der Waals surface area (Å²) in [6, 6.07) is 15.0. The standard InChI is InChI=1S/C17H14N2OS2/c1-2-10-21-17-19-14-9-8-13(11-15(14)22-17)18-16(20)12-6-4-3-5-7-12/h2-9,11H,1,10H2,(H,18,20). The maximum atomic E-state index is 12.2. The molecule has 1 N–H and O–H groups in total. The minimum absolute atomic E-state index is 0.106. The first kappa shape index (κ1) is 14.8. The number of rotatable bonds is 5. The number of carbonyl (C=O) groups is 1. The van der Waals surface area contributed by atoms with Crippen molar-refractivity contribution in [2.24, 2.45) is 0 Å². The van der Waals surface area contributed by atoms with Crippen LogP contribution in [0.5, 0.6) is 0 Å². The Hall–Kier alpha value is -2.11. The number of thiazole rings is 1. The van der Waals surface area contributed by atoms with Gasteiger partial charge in [0, 0.05) is 17.0 Å². The first-order valence-electron chi connectivity index (χ1n) is 6.77. The molecule has 0 fully saturated rings. The van der Waals surface area contributed by atoms with Crippen LogP contribution in [0.4, 0.5) is 5.69 Å². The van der Waals surface area contributed by atoms with Crippen LogP contribution in [-0.2, 0) is 0 Å². The predicted molar refractivity (Wildman–Crippen MR) is 94.9 cm³/mol. The number of benzene rings is 2. The molecule has 0 bridgehead atoms. The summed E-state index contributed by atoms with van der Waals surface area (Å²) in [7, 11) is 0. The molecule has 0 spiro atoms. The van der Waals surface area contributed by atoms with E-state index in [1.807, 2.05) is 42.5 Å². The third kappa shape index (κ3) is 3.37. The first-order valence-corrected chi connectivity index (χ1v) is 8.57. The highest BCUT2D eigenvalue weighted by Gasteiger charge is 2.08. The molecule has 0 atom stereocenters. The largest absolute Gasteiger partial charge is 0.322 e. The Labute approximate surface area is 137 Å². The summed E-state index contributed by atoms with van der Waals surface area (Å²) < 4.78 is 2.08. The summed E-state index contributed by atoms with van der Waals surface area (Å²) >= 11 is 3.29. The summed E-state index contributed by atoms with van der Waals surface area (Å²) in [6.07, 6.45) is 1.86. The van der Waals surface area contributed by atoms with Crippen LogP contribution in [0, 0.1) is 0 Å². The Morgan fingerprint density at radius 3 is 2.86 bits per heavy atom. The van der Waals surface area contributed by atoms with Crippen LogP contribution >= 0.6 is 23.1 Å². The molecule has 1 aromatic heterocycles. The normalized spacial score (nSPS) is 10.5. The molecule has 0 saturated heterocycles. The topological polar surface area (TPSA) is 42.0 Å². The second kappa shape index (κ2) is 6.77. The smallest absolute Gasteiger partial charge is 0.255 e. The van der Waals surface area contributed by atoms with Crippen LogP contribution in [-0.4, -0.2) is 16.6 Å². The lowest BCUT2D eigenvalue weighted by Crippen LogP contribution is -2.11. The number of fused-ring (bicyclic) bond motifs is 1. The van der Waals surface area contributed by atoms with E-state index in [1.165, 1.54) is 0 Å². The number of nitrogens with one attached hydrogen (secondary N) is 1. The van der Waals surface area contributed by atoms with Gasteiger partial charge in [-0.05, 0) is 30.3 Å². The maximum Gasteiger partial charge on any atom is 0.255 e. The zero-order chi connectivity index (χ0) is 15.4. The molecule has 0 aliphatic rings. The Kier molecular flexibility index (Phi) is 4.56. The lowest BCUT2D eigenvalue weighted by molar-refractivity contribution is 0.102. The van der Waals surface area contributed by atoms with E-state index in [2.05, 4.69) is 16.9 Å². The van der Waals surface area contributed by atoms with E-state index in [9.17, 15) is 4.79 Å². The van der Waals surface area contributed by atoms with Gasteiger partial charge in [0.2, 0.25) is 0 Å². The highest BCUT2D eigenvalue weighted by molar-refractivity contribution is 8.01. The number of nitrogens with zero attached hydrogens (tertiary/aromatic N) is 1. The summed E-state index contributed by atoms with van der Waals surface area (Å²) in [5, 5.41) is 2.92. The molecule has 0 radical (unpaired) electrons. The number of amides is 1. The van der Waals surface area contributed by atoms with Crippen LogP contribution in [0.15, 0.2) is 65.5 Å². The molecular formula is C17H14N2OS2. The maximum absolute atomic E-state index is 12.2. The quantitative estimate of drug-likeness (QED) is 0.539. The van der Waals surface area contributed by atoms with Crippen LogP contribution in [0.1, 0.15) is 10.4 Å². The highest BCUT2D eigenvalue weighted by Crippen LogP contribution is 2.31. The van der Waals surface area contributed by atoms with E-state index in [1.54, 1.807) is 35.2 Å². The average Bonchev–Trinajstić information content (AvgIpc) is 2.95. The van der Waals surface area contributed by atoms with Crippen LogP contribution in [0.3, 0.4) is 0 Å². The Balaban J connectivity index is 1.79. The van der Waals surface area contributed by atoms with Gasteiger partial charge < -0.3 is 5.32 Å². The van der Waals surface area contributed by atoms with E-state index >= 15 is 0 Å². The third-order valence-corrected chi connectivity index (χ3v) is 5.14. The molecular weight excluding hydrogens is 312 g/mol. The van der Waals surface area contributed by atoms with Gasteiger partial charge in [-0.2, -0.15) is 0 Å². The van der Waals surface area contributed by atoms with Gasteiger partial charge in [-0.25, -0.2) is 4.98 Å². The zero-order valence-corrected chi connectivity index (χ0v) is 13.4. The number of thioether (sulfide) groups is 1. The number of hydrogen-bond acceptors (Lipinski definition) is 4. The summed E-state index contributed by atoms with van der Waals surface area (Å²) in [5.41, 5.74) is 2.38. The average molecular weight is 326 g/mol. The van der Waals surface area contributed by atoms with Gasteiger partial charge >= 0.3 is 0 Å². The predicted octanol–water partition coefficient (Wildman–Crippen LogP) is 4.83.